The van der Waals surface area contributed by atoms with E-state index in [0.717, 1.165) is 56.2 Å². The number of hydrogen-bond donors (Lipinski definition) is 2. The van der Waals surface area contributed by atoms with Gasteiger partial charge in [-0.25, -0.2) is 0 Å². The number of fused-ring (bicyclic) bond motifs is 3. The summed E-state index contributed by atoms with van der Waals surface area (Å²) in [5.41, 5.74) is 8.48. The van der Waals surface area contributed by atoms with Gasteiger partial charge < -0.3 is 16.0 Å². The van der Waals surface area contributed by atoms with Gasteiger partial charge >= 0.3 is 0 Å². The fourth-order valence-electron chi connectivity index (χ4n) is 5.01. The molecule has 1 amide bonds. The van der Waals surface area contributed by atoms with Gasteiger partial charge in [0, 0.05) is 33.1 Å². The van der Waals surface area contributed by atoms with Crippen molar-refractivity contribution in [1.29, 1.82) is 0 Å². The van der Waals surface area contributed by atoms with Crippen LogP contribution in [0.25, 0.3) is 0 Å². The van der Waals surface area contributed by atoms with Crippen LogP contribution in [-0.2, 0) is 11.2 Å². The third-order valence-electron chi connectivity index (χ3n) is 6.22. The summed E-state index contributed by atoms with van der Waals surface area (Å²) in [4.78, 5) is 18.0. The van der Waals surface area contributed by atoms with E-state index in [1.807, 2.05) is 7.05 Å². The lowest BCUT2D eigenvalue weighted by Gasteiger charge is -2.34. The number of piperidine rings is 1. The standard InChI is InChI=1S/C20H28N4O.HI/c1-22-20(24-8-4-5-13(12-24)9-18(21)25)23-11-17-16-10-14-6-2-3-7-15(14)19(16)17;/h2-3,6-7,13,16-17,19H,4-5,8-12H2,1H3,(H2,21,25)(H,22,23);1H. The predicted molar refractivity (Wildman–Crippen MR) is 115 cm³/mol. The molecule has 4 atom stereocenters. The molecule has 0 bridgehead atoms. The van der Waals surface area contributed by atoms with Crippen LogP contribution in [0.1, 0.15) is 36.3 Å². The van der Waals surface area contributed by atoms with E-state index in [0.29, 0.717) is 12.3 Å². The molecule has 142 valence electrons. The SMILES string of the molecule is CN=C(NCC1C2Cc3ccccc3C12)N1CCCC(CC(N)=O)C1.I. The number of guanidine groups is 1. The maximum atomic E-state index is 11.2. The molecular formula is C20H29IN4O. The van der Waals surface area contributed by atoms with E-state index in [1.54, 1.807) is 11.1 Å². The number of nitrogens with one attached hydrogen (secondary N) is 1. The van der Waals surface area contributed by atoms with Crippen molar-refractivity contribution in [2.75, 3.05) is 26.7 Å². The first-order valence-corrected chi connectivity index (χ1v) is 9.49. The summed E-state index contributed by atoms with van der Waals surface area (Å²) in [7, 11) is 1.85. The van der Waals surface area contributed by atoms with E-state index in [4.69, 9.17) is 5.73 Å². The second-order valence-corrected chi connectivity index (χ2v) is 7.81. The Balaban J connectivity index is 0.00000196. The minimum atomic E-state index is -0.195. The van der Waals surface area contributed by atoms with E-state index in [-0.39, 0.29) is 29.9 Å². The van der Waals surface area contributed by atoms with E-state index in [1.165, 1.54) is 6.42 Å². The molecule has 1 aromatic carbocycles. The van der Waals surface area contributed by atoms with Crippen molar-refractivity contribution < 1.29 is 4.79 Å². The van der Waals surface area contributed by atoms with Crippen LogP contribution < -0.4 is 11.1 Å². The number of rotatable bonds is 4. The number of halogens is 1. The largest absolute Gasteiger partial charge is 0.370 e. The van der Waals surface area contributed by atoms with Crippen molar-refractivity contribution in [2.45, 2.75) is 31.6 Å². The lowest BCUT2D eigenvalue weighted by Crippen LogP contribution is -2.47. The lowest BCUT2D eigenvalue weighted by atomic mass is 9.95. The second-order valence-electron chi connectivity index (χ2n) is 7.81. The highest BCUT2D eigenvalue weighted by Crippen LogP contribution is 2.60. The van der Waals surface area contributed by atoms with Gasteiger partial charge in [-0.1, -0.05) is 24.3 Å². The monoisotopic (exact) mass is 468 g/mol. The van der Waals surface area contributed by atoms with E-state index < -0.39 is 0 Å². The number of carbonyl (C=O) groups is 1. The highest BCUT2D eigenvalue weighted by Gasteiger charge is 2.55. The molecule has 1 aromatic rings. The van der Waals surface area contributed by atoms with Crippen LogP contribution in [0.3, 0.4) is 0 Å². The number of hydrogen-bond acceptors (Lipinski definition) is 2. The predicted octanol–water partition coefficient (Wildman–Crippen LogP) is 2.35. The molecule has 6 heteroatoms. The van der Waals surface area contributed by atoms with Crippen LogP contribution in [0.15, 0.2) is 29.3 Å². The van der Waals surface area contributed by atoms with Crippen LogP contribution >= 0.6 is 24.0 Å². The van der Waals surface area contributed by atoms with E-state index in [2.05, 4.69) is 39.5 Å². The summed E-state index contributed by atoms with van der Waals surface area (Å²) >= 11 is 0. The number of nitrogens with two attached hydrogens (primary N) is 1. The van der Waals surface area contributed by atoms with Gasteiger partial charge in [-0.3, -0.25) is 9.79 Å². The van der Waals surface area contributed by atoms with Crippen molar-refractivity contribution in [2.24, 2.45) is 28.5 Å². The Hall–Kier alpha value is -1.31. The minimum Gasteiger partial charge on any atom is -0.370 e. The topological polar surface area (TPSA) is 70.7 Å². The molecule has 26 heavy (non-hydrogen) atoms. The normalized spacial score (nSPS) is 29.4. The first-order valence-electron chi connectivity index (χ1n) is 9.49. The number of amides is 1. The number of nitrogens with zero attached hydrogens (tertiary/aromatic N) is 2. The number of carbonyl (C=O) groups excluding carboxylic acids is 1. The Bertz CT molecular complexity index is 692. The number of likely N-dealkylation sites (tertiary alicyclic amines) is 1. The first-order chi connectivity index (χ1) is 12.2. The molecule has 3 N–H and O–H groups in total. The summed E-state index contributed by atoms with van der Waals surface area (Å²) in [5.74, 6) is 3.43. The van der Waals surface area contributed by atoms with Gasteiger partial charge in [0.25, 0.3) is 0 Å². The van der Waals surface area contributed by atoms with Gasteiger partial charge in [-0.15, -0.1) is 24.0 Å². The van der Waals surface area contributed by atoms with Gasteiger partial charge in [-0.05, 0) is 54.1 Å². The number of aliphatic imine (C=N–C) groups is 1. The highest BCUT2D eigenvalue weighted by molar-refractivity contribution is 14.0. The van der Waals surface area contributed by atoms with Gasteiger partial charge in [0.15, 0.2) is 5.96 Å². The highest BCUT2D eigenvalue weighted by atomic mass is 127. The molecule has 2 fully saturated rings. The summed E-state index contributed by atoms with van der Waals surface area (Å²) in [6, 6.07) is 8.89. The van der Waals surface area contributed by atoms with E-state index >= 15 is 0 Å². The summed E-state index contributed by atoms with van der Waals surface area (Å²) in [6.45, 7) is 2.88. The molecule has 0 spiro atoms. The van der Waals surface area contributed by atoms with Crippen LogP contribution in [-0.4, -0.2) is 43.4 Å². The van der Waals surface area contributed by atoms with Crippen molar-refractivity contribution in [3.8, 4) is 0 Å². The quantitative estimate of drug-likeness (QED) is 0.405. The summed E-state index contributed by atoms with van der Waals surface area (Å²) in [5, 5.41) is 3.59. The van der Waals surface area contributed by atoms with Crippen LogP contribution in [0.4, 0.5) is 0 Å². The smallest absolute Gasteiger partial charge is 0.217 e. The van der Waals surface area contributed by atoms with Gasteiger partial charge in [0.2, 0.25) is 5.91 Å². The second kappa shape index (κ2) is 8.15. The zero-order valence-electron chi connectivity index (χ0n) is 15.4. The fraction of sp³-hybridized carbons (Fsp3) is 0.600. The molecule has 1 aliphatic heterocycles. The van der Waals surface area contributed by atoms with E-state index in [9.17, 15) is 4.79 Å². The molecule has 4 unspecified atom stereocenters. The van der Waals surface area contributed by atoms with Gasteiger partial charge in [-0.2, -0.15) is 0 Å². The van der Waals surface area contributed by atoms with Crippen molar-refractivity contribution in [3.63, 3.8) is 0 Å². The molecule has 0 radical (unpaired) electrons. The van der Waals surface area contributed by atoms with Gasteiger partial charge in [0.1, 0.15) is 0 Å². The Morgan fingerprint density at radius 1 is 1.38 bits per heavy atom. The Morgan fingerprint density at radius 2 is 2.19 bits per heavy atom. The molecular weight excluding hydrogens is 439 g/mol. The van der Waals surface area contributed by atoms with Crippen molar-refractivity contribution in [1.82, 2.24) is 10.2 Å². The van der Waals surface area contributed by atoms with Crippen molar-refractivity contribution in [3.05, 3.63) is 35.4 Å². The molecule has 5 nitrogen and oxygen atoms in total. The molecule has 0 aromatic heterocycles. The van der Waals surface area contributed by atoms with Crippen LogP contribution in [0.2, 0.25) is 0 Å². The van der Waals surface area contributed by atoms with Gasteiger partial charge in [0.05, 0.1) is 0 Å². The van der Waals surface area contributed by atoms with Crippen LogP contribution in [0.5, 0.6) is 0 Å². The molecule has 1 heterocycles. The fourth-order valence-corrected chi connectivity index (χ4v) is 5.01. The Labute approximate surface area is 172 Å². The average Bonchev–Trinajstić information content (AvgIpc) is 3.13. The first kappa shape index (κ1) is 19.5. The molecule has 1 saturated carbocycles. The molecule has 4 rings (SSSR count). The maximum absolute atomic E-state index is 11.2. The number of primary amides is 1. The molecule has 3 aliphatic rings. The average molecular weight is 468 g/mol. The summed E-state index contributed by atoms with van der Waals surface area (Å²) < 4.78 is 0. The Kier molecular flexibility index (Phi) is 6.10. The summed E-state index contributed by atoms with van der Waals surface area (Å²) in [6.07, 6.45) is 3.90. The number of benzene rings is 1. The zero-order chi connectivity index (χ0) is 17.4. The van der Waals surface area contributed by atoms with Crippen LogP contribution in [0, 0.1) is 17.8 Å². The third kappa shape index (κ3) is 3.85. The lowest BCUT2D eigenvalue weighted by molar-refractivity contribution is -0.119. The minimum absolute atomic E-state index is 0. The third-order valence-corrected chi connectivity index (χ3v) is 6.22. The molecule has 2 aliphatic carbocycles. The maximum Gasteiger partial charge on any atom is 0.217 e. The zero-order valence-corrected chi connectivity index (χ0v) is 17.7. The van der Waals surface area contributed by atoms with Crippen molar-refractivity contribution >= 4 is 35.8 Å². The Morgan fingerprint density at radius 3 is 2.96 bits per heavy atom. The molecule has 1 saturated heterocycles.